The van der Waals surface area contributed by atoms with Gasteiger partial charge < -0.3 is 10.6 Å². The van der Waals surface area contributed by atoms with Gasteiger partial charge in [0.25, 0.3) is 0 Å². The molecule has 2 nitrogen and oxygen atoms in total. The van der Waals surface area contributed by atoms with Gasteiger partial charge in [-0.15, -0.1) is 0 Å². The van der Waals surface area contributed by atoms with Crippen LogP contribution >= 0.6 is 0 Å². The fourth-order valence-corrected chi connectivity index (χ4v) is 3.14. The van der Waals surface area contributed by atoms with Gasteiger partial charge in [-0.2, -0.15) is 0 Å². The van der Waals surface area contributed by atoms with Crippen molar-refractivity contribution in [2.24, 2.45) is 11.1 Å². The summed E-state index contributed by atoms with van der Waals surface area (Å²) in [5.74, 6) is 0. The van der Waals surface area contributed by atoms with E-state index >= 15 is 0 Å². The van der Waals surface area contributed by atoms with Crippen LogP contribution in [0.15, 0.2) is 18.2 Å². The smallest absolute Gasteiger partial charge is 0.0414 e. The molecule has 0 spiro atoms. The molecule has 1 aromatic carbocycles. The summed E-state index contributed by atoms with van der Waals surface area (Å²) in [7, 11) is 2.23. The molecule has 19 heavy (non-hydrogen) atoms. The standard InChI is InChI=1S/C17H28N2/c1-13-5-6-14(12-18)16(11-13)19(4)15-7-9-17(2,3)10-8-15/h5-6,11,15H,7-10,12,18H2,1-4H3. The first-order valence-electron chi connectivity index (χ1n) is 7.45. The van der Waals surface area contributed by atoms with E-state index in [0.29, 0.717) is 18.0 Å². The van der Waals surface area contributed by atoms with Gasteiger partial charge in [0.05, 0.1) is 0 Å². The van der Waals surface area contributed by atoms with Gasteiger partial charge in [-0.1, -0.05) is 26.0 Å². The summed E-state index contributed by atoms with van der Waals surface area (Å²) >= 11 is 0. The van der Waals surface area contributed by atoms with Gasteiger partial charge in [-0.25, -0.2) is 0 Å². The Kier molecular flexibility index (Phi) is 4.19. The quantitative estimate of drug-likeness (QED) is 0.894. The van der Waals surface area contributed by atoms with Crippen LogP contribution in [-0.2, 0) is 6.54 Å². The van der Waals surface area contributed by atoms with Crippen LogP contribution in [0, 0.1) is 12.3 Å². The Bertz CT molecular complexity index is 427. The van der Waals surface area contributed by atoms with Crippen molar-refractivity contribution in [3.8, 4) is 0 Å². The van der Waals surface area contributed by atoms with Crippen LogP contribution in [0.1, 0.15) is 50.7 Å². The summed E-state index contributed by atoms with van der Waals surface area (Å²) in [5, 5.41) is 0. The van der Waals surface area contributed by atoms with Crippen LogP contribution < -0.4 is 10.6 Å². The highest BCUT2D eigenvalue weighted by Gasteiger charge is 2.29. The average Bonchev–Trinajstić information content (AvgIpc) is 2.38. The van der Waals surface area contributed by atoms with Crippen LogP contribution in [0.2, 0.25) is 0 Å². The Balaban J connectivity index is 2.16. The molecule has 0 radical (unpaired) electrons. The molecule has 0 aliphatic heterocycles. The van der Waals surface area contributed by atoms with Crippen LogP contribution in [0.5, 0.6) is 0 Å². The molecule has 0 aromatic heterocycles. The largest absolute Gasteiger partial charge is 0.371 e. The predicted molar refractivity (Wildman–Crippen MR) is 83.5 cm³/mol. The third-order valence-electron chi connectivity index (χ3n) is 4.70. The third-order valence-corrected chi connectivity index (χ3v) is 4.70. The van der Waals surface area contributed by atoms with E-state index in [2.05, 4.69) is 50.9 Å². The van der Waals surface area contributed by atoms with Crippen molar-refractivity contribution in [3.05, 3.63) is 29.3 Å². The van der Waals surface area contributed by atoms with E-state index in [1.807, 2.05) is 0 Å². The van der Waals surface area contributed by atoms with E-state index in [9.17, 15) is 0 Å². The first-order chi connectivity index (χ1) is 8.93. The molecule has 106 valence electrons. The maximum atomic E-state index is 5.88. The van der Waals surface area contributed by atoms with Crippen LogP contribution in [0.4, 0.5) is 5.69 Å². The number of hydrogen-bond donors (Lipinski definition) is 1. The summed E-state index contributed by atoms with van der Waals surface area (Å²) in [4.78, 5) is 2.46. The Morgan fingerprint density at radius 2 is 1.89 bits per heavy atom. The molecule has 0 unspecified atom stereocenters. The molecule has 1 aliphatic rings. The fraction of sp³-hybridized carbons (Fsp3) is 0.647. The lowest BCUT2D eigenvalue weighted by molar-refractivity contribution is 0.222. The zero-order valence-electron chi connectivity index (χ0n) is 12.9. The topological polar surface area (TPSA) is 29.3 Å². The summed E-state index contributed by atoms with van der Waals surface area (Å²) in [6.45, 7) is 7.56. The maximum absolute atomic E-state index is 5.88. The molecule has 2 heteroatoms. The molecule has 0 atom stereocenters. The van der Waals surface area contributed by atoms with Crippen molar-refractivity contribution in [2.45, 2.75) is 59.0 Å². The maximum Gasteiger partial charge on any atom is 0.0414 e. The van der Waals surface area contributed by atoms with Gasteiger partial charge in [0.15, 0.2) is 0 Å². The van der Waals surface area contributed by atoms with E-state index in [-0.39, 0.29) is 0 Å². The minimum atomic E-state index is 0.528. The summed E-state index contributed by atoms with van der Waals surface area (Å²) < 4.78 is 0. The monoisotopic (exact) mass is 260 g/mol. The highest BCUT2D eigenvalue weighted by atomic mass is 15.1. The molecule has 1 aliphatic carbocycles. The molecular weight excluding hydrogens is 232 g/mol. The summed E-state index contributed by atoms with van der Waals surface area (Å²) in [6.07, 6.45) is 5.24. The second-order valence-electron chi connectivity index (χ2n) is 6.84. The van der Waals surface area contributed by atoms with Crippen molar-refractivity contribution in [1.82, 2.24) is 0 Å². The van der Waals surface area contributed by atoms with E-state index in [1.165, 1.54) is 42.5 Å². The van der Waals surface area contributed by atoms with E-state index in [1.54, 1.807) is 0 Å². The zero-order valence-corrected chi connectivity index (χ0v) is 12.9. The van der Waals surface area contributed by atoms with Gasteiger partial charge in [0, 0.05) is 25.3 Å². The molecule has 2 rings (SSSR count). The summed E-state index contributed by atoms with van der Waals surface area (Å²) in [5.41, 5.74) is 10.3. The second kappa shape index (κ2) is 5.54. The van der Waals surface area contributed by atoms with Gasteiger partial charge in [-0.3, -0.25) is 0 Å². The number of anilines is 1. The Morgan fingerprint density at radius 3 is 2.47 bits per heavy atom. The first kappa shape index (κ1) is 14.4. The van der Waals surface area contributed by atoms with Crippen molar-refractivity contribution < 1.29 is 0 Å². The number of rotatable bonds is 3. The lowest BCUT2D eigenvalue weighted by atomic mass is 9.75. The lowest BCUT2D eigenvalue weighted by Crippen LogP contribution is -2.37. The molecule has 0 saturated heterocycles. The molecule has 1 fully saturated rings. The first-order valence-corrected chi connectivity index (χ1v) is 7.45. The van der Waals surface area contributed by atoms with Gasteiger partial charge in [-0.05, 0) is 55.2 Å². The van der Waals surface area contributed by atoms with Gasteiger partial charge in [0.2, 0.25) is 0 Å². The van der Waals surface area contributed by atoms with Crippen molar-refractivity contribution in [1.29, 1.82) is 0 Å². The minimum absolute atomic E-state index is 0.528. The van der Waals surface area contributed by atoms with Crippen LogP contribution in [0.3, 0.4) is 0 Å². The SMILES string of the molecule is Cc1ccc(CN)c(N(C)C2CCC(C)(C)CC2)c1. The second-order valence-corrected chi connectivity index (χ2v) is 6.84. The number of aryl methyl sites for hydroxylation is 1. The Hall–Kier alpha value is -1.02. The normalized spacial score (nSPS) is 19.4. The molecule has 2 N–H and O–H groups in total. The molecule has 0 bridgehead atoms. The molecule has 1 saturated carbocycles. The Morgan fingerprint density at radius 1 is 1.26 bits per heavy atom. The molecule has 0 amide bonds. The minimum Gasteiger partial charge on any atom is -0.371 e. The highest BCUT2D eigenvalue weighted by molar-refractivity contribution is 5.55. The fourth-order valence-electron chi connectivity index (χ4n) is 3.14. The number of benzene rings is 1. The van der Waals surface area contributed by atoms with Crippen molar-refractivity contribution in [2.75, 3.05) is 11.9 Å². The molecular formula is C17H28N2. The van der Waals surface area contributed by atoms with Crippen LogP contribution in [0.25, 0.3) is 0 Å². The third kappa shape index (κ3) is 3.30. The number of nitrogens with zero attached hydrogens (tertiary/aromatic N) is 1. The van der Waals surface area contributed by atoms with E-state index in [4.69, 9.17) is 5.73 Å². The zero-order chi connectivity index (χ0) is 14.0. The van der Waals surface area contributed by atoms with Crippen LogP contribution in [-0.4, -0.2) is 13.1 Å². The number of hydrogen-bond acceptors (Lipinski definition) is 2. The van der Waals surface area contributed by atoms with E-state index < -0.39 is 0 Å². The lowest BCUT2D eigenvalue weighted by Gasteiger charge is -2.40. The Labute approximate surface area is 118 Å². The van der Waals surface area contributed by atoms with Crippen molar-refractivity contribution in [3.63, 3.8) is 0 Å². The van der Waals surface area contributed by atoms with Crippen molar-refractivity contribution >= 4 is 5.69 Å². The summed E-state index contributed by atoms with van der Waals surface area (Å²) in [6, 6.07) is 7.28. The molecule has 0 heterocycles. The number of nitrogens with two attached hydrogens (primary N) is 1. The molecule has 1 aromatic rings. The predicted octanol–water partition coefficient (Wildman–Crippen LogP) is 3.86. The van der Waals surface area contributed by atoms with Gasteiger partial charge in [0.1, 0.15) is 0 Å². The average molecular weight is 260 g/mol. The van der Waals surface area contributed by atoms with Gasteiger partial charge >= 0.3 is 0 Å². The highest BCUT2D eigenvalue weighted by Crippen LogP contribution is 2.38. The van der Waals surface area contributed by atoms with E-state index in [0.717, 1.165) is 0 Å².